The molecule has 3 aliphatic carbocycles. The van der Waals surface area contributed by atoms with Crippen LogP contribution in [0.15, 0.2) is 105 Å². The van der Waals surface area contributed by atoms with Crippen molar-refractivity contribution in [1.82, 2.24) is 4.90 Å². The molecular weight excluding hydrogens is 524 g/mol. The molecule has 6 rings (SSSR count). The number of carbonyl (C=O) groups is 1. The Morgan fingerprint density at radius 2 is 1.72 bits per heavy atom. The van der Waals surface area contributed by atoms with Gasteiger partial charge in [-0.25, -0.2) is 0 Å². The van der Waals surface area contributed by atoms with E-state index in [1.165, 1.54) is 78.5 Å². The van der Waals surface area contributed by atoms with Gasteiger partial charge in [-0.3, -0.25) is 9.79 Å². The van der Waals surface area contributed by atoms with E-state index in [9.17, 15) is 4.79 Å². The van der Waals surface area contributed by atoms with Crippen LogP contribution in [0.4, 0.5) is 0 Å². The van der Waals surface area contributed by atoms with Crippen LogP contribution in [0.1, 0.15) is 114 Å². The maximum absolute atomic E-state index is 13.2. The molecule has 0 saturated carbocycles. The van der Waals surface area contributed by atoms with Crippen LogP contribution in [0.2, 0.25) is 0 Å². The van der Waals surface area contributed by atoms with Gasteiger partial charge in [-0.2, -0.15) is 0 Å². The van der Waals surface area contributed by atoms with E-state index in [1.807, 2.05) is 12.4 Å². The Morgan fingerprint density at radius 1 is 0.884 bits per heavy atom. The third-order valence-corrected chi connectivity index (χ3v) is 9.94. The monoisotopic (exact) mass is 572 g/mol. The van der Waals surface area contributed by atoms with Gasteiger partial charge in [0.25, 0.3) is 0 Å². The highest BCUT2D eigenvalue weighted by Gasteiger charge is 2.24. The summed E-state index contributed by atoms with van der Waals surface area (Å²) in [7, 11) is 0. The molecule has 43 heavy (non-hydrogen) atoms. The van der Waals surface area contributed by atoms with Crippen molar-refractivity contribution in [3.05, 3.63) is 112 Å². The lowest BCUT2D eigenvalue weighted by atomic mass is 9.86. The van der Waals surface area contributed by atoms with Crippen LogP contribution in [0.5, 0.6) is 0 Å². The zero-order valence-electron chi connectivity index (χ0n) is 26.1. The summed E-state index contributed by atoms with van der Waals surface area (Å²) in [6.45, 7) is 4.17. The van der Waals surface area contributed by atoms with Crippen LogP contribution >= 0.6 is 0 Å². The van der Waals surface area contributed by atoms with Crippen molar-refractivity contribution >= 4 is 17.6 Å². The quantitative estimate of drug-likeness (QED) is 0.305. The highest BCUT2D eigenvalue weighted by Crippen LogP contribution is 2.38. The summed E-state index contributed by atoms with van der Waals surface area (Å²) < 4.78 is 0. The fraction of sp³-hybridized carbons (Fsp3) is 0.450. The van der Waals surface area contributed by atoms with Gasteiger partial charge in [0.15, 0.2) is 5.78 Å². The minimum atomic E-state index is 0.312. The van der Waals surface area contributed by atoms with E-state index in [-0.39, 0.29) is 0 Å². The Balaban J connectivity index is 1.15. The number of benzene rings is 1. The molecule has 0 saturated heterocycles. The number of ketones is 1. The van der Waals surface area contributed by atoms with E-state index in [2.05, 4.69) is 77.5 Å². The van der Waals surface area contributed by atoms with Gasteiger partial charge in [0.05, 0.1) is 0 Å². The largest absolute Gasteiger partial charge is 0.371 e. The Kier molecular flexibility index (Phi) is 9.87. The third-order valence-electron chi connectivity index (χ3n) is 9.94. The molecule has 0 amide bonds. The molecule has 2 aliphatic heterocycles. The molecule has 0 N–H and O–H groups in total. The van der Waals surface area contributed by atoms with E-state index < -0.39 is 0 Å². The van der Waals surface area contributed by atoms with Crippen molar-refractivity contribution in [1.29, 1.82) is 0 Å². The second kappa shape index (κ2) is 14.3. The van der Waals surface area contributed by atoms with Crippen LogP contribution in [0.3, 0.4) is 0 Å². The summed E-state index contributed by atoms with van der Waals surface area (Å²) in [4.78, 5) is 20.3. The molecule has 2 heterocycles. The number of hydrogen-bond donors (Lipinski definition) is 0. The molecule has 1 atom stereocenters. The molecule has 0 fully saturated rings. The Morgan fingerprint density at radius 3 is 2.53 bits per heavy atom. The topological polar surface area (TPSA) is 32.7 Å². The molecule has 3 nitrogen and oxygen atoms in total. The minimum absolute atomic E-state index is 0.312. The first-order chi connectivity index (χ1) is 21.2. The number of allylic oxidation sites excluding steroid dienone is 10. The van der Waals surface area contributed by atoms with E-state index in [0.717, 1.165) is 69.2 Å². The normalized spacial score (nSPS) is 24.3. The SMILES string of the molecule is CCCC1=CCCC(c2ccc(C3=CCC4=CN=CC=C(N5CC/C=C(\C(=O)C6=CCCCC6)CCC5)C4=C3)cc2)CC1. The highest BCUT2D eigenvalue weighted by atomic mass is 16.1. The zero-order valence-corrected chi connectivity index (χ0v) is 26.1. The number of aliphatic imine (C=N–C) groups is 1. The van der Waals surface area contributed by atoms with Gasteiger partial charge < -0.3 is 4.90 Å². The summed E-state index contributed by atoms with van der Waals surface area (Å²) in [6, 6.07) is 9.46. The van der Waals surface area contributed by atoms with Crippen LogP contribution in [-0.4, -0.2) is 30.0 Å². The highest BCUT2D eigenvalue weighted by molar-refractivity contribution is 6.08. The lowest BCUT2D eigenvalue weighted by Crippen LogP contribution is -2.29. The fourth-order valence-corrected chi connectivity index (χ4v) is 7.50. The Bertz CT molecular complexity index is 1440. The third kappa shape index (κ3) is 7.20. The first-order valence-electron chi connectivity index (χ1n) is 17.0. The van der Waals surface area contributed by atoms with Crippen molar-refractivity contribution in [3.8, 4) is 0 Å². The number of hydrogen-bond acceptors (Lipinski definition) is 3. The molecule has 1 aromatic carbocycles. The van der Waals surface area contributed by atoms with Crippen LogP contribution in [0, 0.1) is 0 Å². The second-order valence-electron chi connectivity index (χ2n) is 12.9. The van der Waals surface area contributed by atoms with Gasteiger partial charge in [-0.05, 0) is 135 Å². The van der Waals surface area contributed by atoms with Gasteiger partial charge in [0.2, 0.25) is 0 Å². The average Bonchev–Trinajstić information content (AvgIpc) is 3.40. The fourth-order valence-electron chi connectivity index (χ4n) is 7.50. The molecule has 3 heteroatoms. The summed E-state index contributed by atoms with van der Waals surface area (Å²) in [5.74, 6) is 0.977. The van der Waals surface area contributed by atoms with Crippen LogP contribution in [0.25, 0.3) is 5.57 Å². The summed E-state index contributed by atoms with van der Waals surface area (Å²) in [5, 5.41) is 0. The second-order valence-corrected chi connectivity index (χ2v) is 12.9. The summed E-state index contributed by atoms with van der Waals surface area (Å²) in [6.07, 6.45) is 33.4. The molecule has 0 spiro atoms. The lowest BCUT2D eigenvalue weighted by molar-refractivity contribution is -0.112. The number of rotatable bonds is 7. The molecule has 5 aliphatic rings. The molecular formula is C40H48N2O. The molecule has 0 aromatic heterocycles. The van der Waals surface area contributed by atoms with Crippen molar-refractivity contribution in [2.45, 2.75) is 103 Å². The summed E-state index contributed by atoms with van der Waals surface area (Å²) in [5.41, 5.74) is 11.7. The lowest BCUT2D eigenvalue weighted by Gasteiger charge is -2.32. The molecule has 1 unspecified atom stereocenters. The van der Waals surface area contributed by atoms with Gasteiger partial charge in [-0.15, -0.1) is 0 Å². The van der Waals surface area contributed by atoms with Crippen molar-refractivity contribution < 1.29 is 4.79 Å². The number of nitrogens with zero attached hydrogens (tertiary/aromatic N) is 2. The standard InChI is InChI=1S/C40H48N2O/c1-2-9-30-10-6-13-31(17-16-30)32-18-20-33(21-19-32)36-22-23-37-29-41-25-24-39(38(37)28-36)42-26-7-14-35(15-8-27-42)40(43)34-11-4-3-5-12-34/h10-11,14,18-22,24-25,28-29,31H,2-9,12-13,15-17,23,26-27H2,1H3/b35-14-. The molecule has 1 aromatic rings. The van der Waals surface area contributed by atoms with Gasteiger partial charge in [0.1, 0.15) is 0 Å². The van der Waals surface area contributed by atoms with Crippen molar-refractivity contribution in [3.63, 3.8) is 0 Å². The Hall–Kier alpha value is -3.46. The van der Waals surface area contributed by atoms with Crippen molar-refractivity contribution in [2.75, 3.05) is 13.1 Å². The van der Waals surface area contributed by atoms with Crippen LogP contribution < -0.4 is 0 Å². The summed E-state index contributed by atoms with van der Waals surface area (Å²) >= 11 is 0. The predicted molar refractivity (Wildman–Crippen MR) is 181 cm³/mol. The van der Waals surface area contributed by atoms with E-state index in [0.29, 0.717) is 11.7 Å². The predicted octanol–water partition coefficient (Wildman–Crippen LogP) is 10.1. The van der Waals surface area contributed by atoms with Crippen molar-refractivity contribution in [2.24, 2.45) is 4.99 Å². The van der Waals surface area contributed by atoms with Gasteiger partial charge >= 0.3 is 0 Å². The minimum Gasteiger partial charge on any atom is -0.371 e. The van der Waals surface area contributed by atoms with Gasteiger partial charge in [-0.1, -0.05) is 67.5 Å². The number of fused-ring (bicyclic) bond motifs is 1. The zero-order chi connectivity index (χ0) is 29.4. The van der Waals surface area contributed by atoms with E-state index in [4.69, 9.17) is 0 Å². The average molecular weight is 573 g/mol. The maximum atomic E-state index is 13.2. The van der Waals surface area contributed by atoms with E-state index >= 15 is 0 Å². The van der Waals surface area contributed by atoms with E-state index in [1.54, 1.807) is 5.57 Å². The number of carbonyl (C=O) groups excluding carboxylic acids is 1. The molecule has 224 valence electrons. The molecule has 0 radical (unpaired) electrons. The molecule has 0 bridgehead atoms. The number of Topliss-reactive ketones (excluding diaryl/α,β-unsaturated/α-hetero) is 1. The smallest absolute Gasteiger partial charge is 0.184 e. The maximum Gasteiger partial charge on any atom is 0.184 e. The van der Waals surface area contributed by atoms with Gasteiger partial charge in [0, 0.05) is 36.8 Å². The first kappa shape index (κ1) is 29.6. The van der Waals surface area contributed by atoms with Crippen LogP contribution in [-0.2, 0) is 4.79 Å². The Labute approximate surface area is 259 Å². The first-order valence-corrected chi connectivity index (χ1v) is 17.0.